The zero-order valence-electron chi connectivity index (χ0n) is 17.2. The molecule has 0 unspecified atom stereocenters. The summed E-state index contributed by atoms with van der Waals surface area (Å²) < 4.78 is 5.24. The molecule has 0 atom stereocenters. The Morgan fingerprint density at radius 1 is 1.00 bits per heavy atom. The van der Waals surface area contributed by atoms with E-state index < -0.39 is 18.5 Å². The zero-order chi connectivity index (χ0) is 21.7. The monoisotopic (exact) mass is 402 g/mol. The van der Waals surface area contributed by atoms with Crippen molar-refractivity contribution in [3.05, 3.63) is 65.0 Å². The lowest BCUT2D eigenvalue weighted by Crippen LogP contribution is -2.35. The fourth-order valence-electron chi connectivity index (χ4n) is 2.93. The number of ether oxygens (including phenoxy) is 1. The van der Waals surface area contributed by atoms with E-state index in [1.165, 1.54) is 4.90 Å². The first-order valence-electron chi connectivity index (χ1n) is 9.55. The minimum absolute atomic E-state index is 0.176. The summed E-state index contributed by atoms with van der Waals surface area (Å²) in [5.41, 5.74) is 4.91. The van der Waals surface area contributed by atoms with Crippen LogP contribution in [0.25, 0.3) is 11.0 Å². The molecule has 0 radical (unpaired) electrons. The number of carbonyl (C=O) groups excluding carboxylic acids is 2. The summed E-state index contributed by atoms with van der Waals surface area (Å²) in [5.74, 6) is -1.01. The van der Waals surface area contributed by atoms with Crippen molar-refractivity contribution in [2.75, 3.05) is 18.1 Å². The quantitative estimate of drug-likeness (QED) is 0.584. The number of hydrogen-bond donors (Lipinski definition) is 0. The molecule has 1 heterocycles. The van der Waals surface area contributed by atoms with Crippen LogP contribution in [-0.2, 0) is 9.53 Å². The Balaban J connectivity index is 1.72. The van der Waals surface area contributed by atoms with Gasteiger partial charge in [-0.2, -0.15) is 5.26 Å². The first-order chi connectivity index (χ1) is 14.4. The molecule has 0 aliphatic rings. The van der Waals surface area contributed by atoms with E-state index in [9.17, 15) is 9.59 Å². The fourth-order valence-corrected chi connectivity index (χ4v) is 2.93. The fraction of sp³-hybridized carbons (Fsp3) is 0.261. The molecular weight excluding hydrogens is 380 g/mol. The number of anilines is 1. The number of aryl methyl sites for hydroxylation is 3. The molecule has 3 aromatic rings. The van der Waals surface area contributed by atoms with E-state index in [1.54, 1.807) is 30.3 Å². The van der Waals surface area contributed by atoms with Crippen molar-refractivity contribution in [2.24, 2.45) is 0 Å². The van der Waals surface area contributed by atoms with Crippen LogP contribution in [0.1, 0.15) is 33.7 Å². The number of carbonyl (C=O) groups is 2. The van der Waals surface area contributed by atoms with Crippen LogP contribution in [0.15, 0.2) is 42.5 Å². The first kappa shape index (κ1) is 20.9. The highest BCUT2D eigenvalue weighted by Crippen LogP contribution is 2.17. The largest absolute Gasteiger partial charge is 0.452 e. The smallest absolute Gasteiger partial charge is 0.338 e. The first-order valence-corrected chi connectivity index (χ1v) is 9.55. The maximum atomic E-state index is 12.7. The molecule has 7 nitrogen and oxygen atoms in total. The topological polar surface area (TPSA) is 96.2 Å². The Morgan fingerprint density at radius 2 is 1.67 bits per heavy atom. The highest BCUT2D eigenvalue weighted by molar-refractivity contribution is 5.98. The maximum Gasteiger partial charge on any atom is 0.338 e. The number of esters is 1. The molecular formula is C23H22N4O3. The second-order valence-electron chi connectivity index (χ2n) is 6.96. The Labute approximate surface area is 174 Å². The number of rotatable bonds is 6. The van der Waals surface area contributed by atoms with E-state index in [1.807, 2.05) is 39.0 Å². The van der Waals surface area contributed by atoms with Gasteiger partial charge in [-0.05, 0) is 51.1 Å². The van der Waals surface area contributed by atoms with Gasteiger partial charge >= 0.3 is 5.97 Å². The molecule has 1 aromatic heterocycles. The molecule has 2 aromatic carbocycles. The summed E-state index contributed by atoms with van der Waals surface area (Å²) in [6.45, 7) is 5.48. The minimum atomic E-state index is -0.616. The summed E-state index contributed by atoms with van der Waals surface area (Å²) in [7, 11) is 0. The summed E-state index contributed by atoms with van der Waals surface area (Å²) in [6, 6.07) is 14.3. The third-order valence-corrected chi connectivity index (χ3v) is 4.73. The average Bonchev–Trinajstić information content (AvgIpc) is 2.74. The van der Waals surface area contributed by atoms with Gasteiger partial charge < -0.3 is 9.64 Å². The summed E-state index contributed by atoms with van der Waals surface area (Å²) >= 11 is 0. The maximum absolute atomic E-state index is 12.7. The minimum Gasteiger partial charge on any atom is -0.452 e. The number of nitriles is 1. The van der Waals surface area contributed by atoms with Gasteiger partial charge in [0.15, 0.2) is 6.61 Å². The van der Waals surface area contributed by atoms with Crippen molar-refractivity contribution >= 4 is 28.6 Å². The van der Waals surface area contributed by atoms with E-state index in [4.69, 9.17) is 10.00 Å². The summed E-state index contributed by atoms with van der Waals surface area (Å²) in [4.78, 5) is 35.5. The van der Waals surface area contributed by atoms with Gasteiger partial charge in [0.2, 0.25) is 0 Å². The molecule has 30 heavy (non-hydrogen) atoms. The SMILES string of the molecule is Cc1ccc(N(CCC#N)C(=O)COC(=O)c2ccc3nc(C)c(C)nc3c2)cc1. The van der Waals surface area contributed by atoms with Crippen molar-refractivity contribution in [3.63, 3.8) is 0 Å². The van der Waals surface area contributed by atoms with Crippen molar-refractivity contribution < 1.29 is 14.3 Å². The second-order valence-corrected chi connectivity index (χ2v) is 6.96. The van der Waals surface area contributed by atoms with E-state index in [-0.39, 0.29) is 13.0 Å². The molecule has 3 rings (SSSR count). The lowest BCUT2D eigenvalue weighted by atomic mass is 10.2. The average molecular weight is 402 g/mol. The van der Waals surface area contributed by atoms with Crippen LogP contribution >= 0.6 is 0 Å². The van der Waals surface area contributed by atoms with Crippen LogP contribution < -0.4 is 4.90 Å². The molecule has 0 aliphatic heterocycles. The van der Waals surface area contributed by atoms with Crippen LogP contribution in [0.4, 0.5) is 5.69 Å². The van der Waals surface area contributed by atoms with Gasteiger partial charge in [-0.1, -0.05) is 17.7 Å². The van der Waals surface area contributed by atoms with Crippen molar-refractivity contribution in [2.45, 2.75) is 27.2 Å². The van der Waals surface area contributed by atoms with Gasteiger partial charge in [0.25, 0.3) is 5.91 Å². The number of nitrogens with zero attached hydrogens (tertiary/aromatic N) is 4. The summed E-state index contributed by atoms with van der Waals surface area (Å²) in [6.07, 6.45) is 0.176. The van der Waals surface area contributed by atoms with Gasteiger partial charge in [-0.15, -0.1) is 0 Å². The second kappa shape index (κ2) is 9.14. The van der Waals surface area contributed by atoms with Crippen LogP contribution in [0.5, 0.6) is 0 Å². The Bertz CT molecular complexity index is 1130. The Morgan fingerprint density at radius 3 is 2.33 bits per heavy atom. The van der Waals surface area contributed by atoms with Gasteiger partial charge in [0.1, 0.15) is 0 Å². The van der Waals surface area contributed by atoms with Crippen LogP contribution in [0.3, 0.4) is 0 Å². The van der Waals surface area contributed by atoms with Crippen molar-refractivity contribution in [1.29, 1.82) is 5.26 Å². The number of aromatic nitrogens is 2. The van der Waals surface area contributed by atoms with E-state index in [0.717, 1.165) is 17.0 Å². The molecule has 0 spiro atoms. The van der Waals surface area contributed by atoms with Gasteiger partial charge in [0, 0.05) is 12.2 Å². The Hall–Kier alpha value is -3.79. The summed E-state index contributed by atoms with van der Waals surface area (Å²) in [5, 5.41) is 8.89. The molecule has 0 N–H and O–H groups in total. The highest BCUT2D eigenvalue weighted by atomic mass is 16.5. The molecule has 0 aliphatic carbocycles. The molecule has 7 heteroatoms. The standard InChI is InChI=1S/C23H22N4O3/c1-15-5-8-19(9-6-15)27(12-4-11-24)22(28)14-30-23(29)18-7-10-20-21(13-18)26-17(3)16(2)25-20/h5-10,13H,4,12,14H2,1-3H3. The highest BCUT2D eigenvalue weighted by Gasteiger charge is 2.18. The zero-order valence-corrected chi connectivity index (χ0v) is 17.2. The third kappa shape index (κ3) is 4.78. The van der Waals surface area contributed by atoms with Gasteiger partial charge in [-0.3, -0.25) is 4.79 Å². The molecule has 0 saturated heterocycles. The van der Waals surface area contributed by atoms with Crippen molar-refractivity contribution in [3.8, 4) is 6.07 Å². The van der Waals surface area contributed by atoms with E-state index >= 15 is 0 Å². The molecule has 152 valence electrons. The third-order valence-electron chi connectivity index (χ3n) is 4.73. The van der Waals surface area contributed by atoms with Crippen LogP contribution in [-0.4, -0.2) is 35.0 Å². The number of hydrogen-bond acceptors (Lipinski definition) is 6. The van der Waals surface area contributed by atoms with Crippen LogP contribution in [0.2, 0.25) is 0 Å². The van der Waals surface area contributed by atoms with Gasteiger partial charge in [-0.25, -0.2) is 14.8 Å². The van der Waals surface area contributed by atoms with E-state index in [0.29, 0.717) is 22.3 Å². The molecule has 0 fully saturated rings. The number of fused-ring (bicyclic) bond motifs is 1. The predicted octanol–water partition coefficient (Wildman–Crippen LogP) is 3.66. The van der Waals surface area contributed by atoms with Gasteiger partial charge in [0.05, 0.1) is 40.5 Å². The van der Waals surface area contributed by atoms with E-state index in [2.05, 4.69) is 9.97 Å². The molecule has 0 saturated carbocycles. The molecule has 1 amide bonds. The van der Waals surface area contributed by atoms with Crippen LogP contribution in [0, 0.1) is 32.1 Å². The number of benzene rings is 2. The number of amides is 1. The Kier molecular flexibility index (Phi) is 6.38. The lowest BCUT2D eigenvalue weighted by molar-refractivity contribution is -0.121. The normalized spacial score (nSPS) is 10.5. The lowest BCUT2D eigenvalue weighted by Gasteiger charge is -2.21. The molecule has 0 bridgehead atoms. The van der Waals surface area contributed by atoms with Crippen molar-refractivity contribution in [1.82, 2.24) is 9.97 Å². The predicted molar refractivity (Wildman–Crippen MR) is 113 cm³/mol.